The summed E-state index contributed by atoms with van der Waals surface area (Å²) in [5, 5.41) is 0. The molecule has 1 atom stereocenters. The Morgan fingerprint density at radius 2 is 1.75 bits per heavy atom. The predicted octanol–water partition coefficient (Wildman–Crippen LogP) is 1.45. The number of halogens is 1. The Morgan fingerprint density at radius 1 is 1.05 bits per heavy atom. The minimum Gasteiger partial charge on any atom is -1.00 e. The molecule has 114 valence electrons. The van der Waals surface area contributed by atoms with Crippen molar-refractivity contribution in [2.45, 2.75) is 39.0 Å². The summed E-state index contributed by atoms with van der Waals surface area (Å²) in [7, 11) is 2.37. The highest BCUT2D eigenvalue weighted by molar-refractivity contribution is 5.14. The molecule has 0 N–H and O–H groups in total. The largest absolute Gasteiger partial charge is 1.00 e. The number of likely N-dealkylation sites (N-methyl/N-ethyl adjacent to an activating group) is 1. The van der Waals surface area contributed by atoms with Crippen LogP contribution in [0.4, 0.5) is 0 Å². The van der Waals surface area contributed by atoms with Crippen LogP contribution in [0, 0.1) is 0 Å². The first-order valence-electron chi connectivity index (χ1n) is 7.68. The van der Waals surface area contributed by atoms with Gasteiger partial charge in [0.2, 0.25) is 0 Å². The van der Waals surface area contributed by atoms with Gasteiger partial charge in [-0.15, -0.1) is 0 Å². The van der Waals surface area contributed by atoms with Crippen LogP contribution in [0.25, 0.3) is 0 Å². The maximum atomic E-state index is 3.93. The molecule has 0 saturated heterocycles. The first-order valence-corrected chi connectivity index (χ1v) is 7.68. The van der Waals surface area contributed by atoms with Crippen molar-refractivity contribution in [1.29, 1.82) is 0 Å². The van der Waals surface area contributed by atoms with Crippen LogP contribution in [0.5, 0.6) is 0 Å². The predicted molar refractivity (Wildman–Crippen MR) is 85.3 cm³/mol. The third-order valence-corrected chi connectivity index (χ3v) is 3.90. The van der Waals surface area contributed by atoms with Gasteiger partial charge in [0.15, 0.2) is 0 Å². The lowest BCUT2D eigenvalue weighted by Gasteiger charge is -2.34. The Hall–Kier alpha value is -0.790. The van der Waals surface area contributed by atoms with Crippen LogP contribution in [0.2, 0.25) is 0 Å². The summed E-state index contributed by atoms with van der Waals surface area (Å²) >= 11 is 0. The summed E-state index contributed by atoms with van der Waals surface area (Å²) < 4.78 is 1.13. The Balaban J connectivity index is 0.00000361. The molecule has 0 spiro atoms. The van der Waals surface area contributed by atoms with E-state index in [-0.39, 0.29) is 12.4 Å². The van der Waals surface area contributed by atoms with Crippen molar-refractivity contribution in [1.82, 2.24) is 0 Å². The molecule has 1 unspecified atom stereocenters. The molecule has 1 aromatic carbocycles. The van der Waals surface area contributed by atoms with Gasteiger partial charge in [0.25, 0.3) is 0 Å². The summed E-state index contributed by atoms with van der Waals surface area (Å²) in [6.07, 6.45) is 8.63. The van der Waals surface area contributed by atoms with E-state index in [4.69, 9.17) is 0 Å². The van der Waals surface area contributed by atoms with Gasteiger partial charge < -0.3 is 16.9 Å². The molecule has 0 amide bonds. The maximum absolute atomic E-state index is 3.93. The molecule has 0 bridgehead atoms. The molecular formula is C18H30ClN. The third-order valence-electron chi connectivity index (χ3n) is 3.90. The van der Waals surface area contributed by atoms with Crippen molar-refractivity contribution in [2.24, 2.45) is 0 Å². The fourth-order valence-corrected chi connectivity index (χ4v) is 2.57. The monoisotopic (exact) mass is 295 g/mol. The van der Waals surface area contributed by atoms with Gasteiger partial charge in [0, 0.05) is 6.42 Å². The molecule has 0 aliphatic heterocycles. The third kappa shape index (κ3) is 7.72. The SMILES string of the molecule is C=CC[N+](C)(CCCCCC)CCc1ccccc1.[Cl-]. The van der Waals surface area contributed by atoms with E-state index in [0.717, 1.165) is 11.0 Å². The molecule has 0 aliphatic carbocycles. The topological polar surface area (TPSA) is 0 Å². The summed E-state index contributed by atoms with van der Waals surface area (Å²) in [5.41, 5.74) is 1.45. The second kappa shape index (κ2) is 10.9. The highest BCUT2D eigenvalue weighted by Crippen LogP contribution is 2.11. The molecule has 0 aromatic heterocycles. The van der Waals surface area contributed by atoms with E-state index in [2.05, 4.69) is 57.0 Å². The summed E-state index contributed by atoms with van der Waals surface area (Å²) in [4.78, 5) is 0. The highest BCUT2D eigenvalue weighted by atomic mass is 35.5. The quantitative estimate of drug-likeness (QED) is 0.348. The Morgan fingerprint density at radius 3 is 2.35 bits per heavy atom. The van der Waals surface area contributed by atoms with E-state index < -0.39 is 0 Å². The number of nitrogens with zero attached hydrogens (tertiary/aromatic N) is 1. The van der Waals surface area contributed by atoms with Crippen LogP contribution in [-0.4, -0.2) is 31.2 Å². The van der Waals surface area contributed by atoms with Crippen LogP contribution in [0.3, 0.4) is 0 Å². The molecule has 1 rings (SSSR count). The van der Waals surface area contributed by atoms with E-state index in [1.54, 1.807) is 0 Å². The zero-order valence-electron chi connectivity index (χ0n) is 13.2. The fourth-order valence-electron chi connectivity index (χ4n) is 2.57. The number of rotatable bonds is 10. The van der Waals surface area contributed by atoms with Crippen LogP contribution in [0.1, 0.15) is 38.2 Å². The molecule has 0 aliphatic rings. The van der Waals surface area contributed by atoms with Crippen molar-refractivity contribution in [2.75, 3.05) is 26.7 Å². The lowest BCUT2D eigenvalue weighted by Crippen LogP contribution is -3.00. The van der Waals surface area contributed by atoms with Crippen LogP contribution >= 0.6 is 0 Å². The van der Waals surface area contributed by atoms with Gasteiger partial charge >= 0.3 is 0 Å². The number of benzene rings is 1. The summed E-state index contributed by atoms with van der Waals surface area (Å²) in [6.45, 7) is 9.77. The number of unbranched alkanes of at least 4 members (excludes halogenated alkanes) is 3. The standard InChI is InChI=1S/C18H30N.ClH/c1-4-6-7-11-16-19(3,15-5-2)17-14-18-12-9-8-10-13-18;/h5,8-10,12-13H,2,4,6-7,11,14-17H2,1,3H3;1H/q+1;/p-1. The first kappa shape index (κ1) is 19.2. The molecule has 20 heavy (non-hydrogen) atoms. The van der Waals surface area contributed by atoms with E-state index >= 15 is 0 Å². The van der Waals surface area contributed by atoms with E-state index in [1.165, 1.54) is 50.8 Å². The highest BCUT2D eigenvalue weighted by Gasteiger charge is 2.18. The van der Waals surface area contributed by atoms with E-state index in [1.807, 2.05) is 0 Å². The number of hydrogen-bond acceptors (Lipinski definition) is 0. The normalized spacial score (nSPS) is 13.3. The molecule has 1 nitrogen and oxygen atoms in total. The number of hydrogen-bond donors (Lipinski definition) is 0. The minimum absolute atomic E-state index is 0. The average Bonchev–Trinajstić information content (AvgIpc) is 2.43. The Labute approximate surface area is 131 Å². The van der Waals surface area contributed by atoms with Gasteiger partial charge in [-0.1, -0.05) is 56.7 Å². The second-order valence-electron chi connectivity index (χ2n) is 5.83. The fraction of sp³-hybridized carbons (Fsp3) is 0.556. The minimum atomic E-state index is 0. The van der Waals surface area contributed by atoms with Crippen LogP contribution in [0.15, 0.2) is 43.0 Å². The van der Waals surface area contributed by atoms with Crippen LogP contribution in [-0.2, 0) is 6.42 Å². The second-order valence-corrected chi connectivity index (χ2v) is 5.83. The zero-order chi connectivity index (χ0) is 14.0. The van der Waals surface area contributed by atoms with Gasteiger partial charge in [0.1, 0.15) is 0 Å². The van der Waals surface area contributed by atoms with Gasteiger partial charge in [-0.2, -0.15) is 0 Å². The Bertz CT molecular complexity index is 350. The maximum Gasteiger partial charge on any atom is 0.0969 e. The molecule has 0 saturated carbocycles. The summed E-state index contributed by atoms with van der Waals surface area (Å²) in [6, 6.07) is 10.8. The lowest BCUT2D eigenvalue weighted by molar-refractivity contribution is -0.904. The van der Waals surface area contributed by atoms with Crippen molar-refractivity contribution < 1.29 is 16.9 Å². The average molecular weight is 296 g/mol. The van der Waals surface area contributed by atoms with Gasteiger partial charge in [-0.25, -0.2) is 0 Å². The zero-order valence-corrected chi connectivity index (χ0v) is 13.9. The molecule has 0 fully saturated rings. The van der Waals surface area contributed by atoms with E-state index in [0.29, 0.717) is 0 Å². The van der Waals surface area contributed by atoms with Crippen LogP contribution < -0.4 is 12.4 Å². The van der Waals surface area contributed by atoms with Crippen molar-refractivity contribution >= 4 is 0 Å². The van der Waals surface area contributed by atoms with Gasteiger partial charge in [-0.05, 0) is 24.5 Å². The molecule has 1 aromatic rings. The first-order chi connectivity index (χ1) is 9.20. The van der Waals surface area contributed by atoms with Crippen molar-refractivity contribution in [3.8, 4) is 0 Å². The molecule has 2 heteroatoms. The molecular weight excluding hydrogens is 266 g/mol. The van der Waals surface area contributed by atoms with Gasteiger partial charge in [0.05, 0.1) is 26.7 Å². The van der Waals surface area contributed by atoms with Crippen molar-refractivity contribution in [3.63, 3.8) is 0 Å². The molecule has 0 radical (unpaired) electrons. The smallest absolute Gasteiger partial charge is 0.0969 e. The Kier molecular flexibility index (Phi) is 10.5. The van der Waals surface area contributed by atoms with E-state index in [9.17, 15) is 0 Å². The van der Waals surface area contributed by atoms with Crippen molar-refractivity contribution in [3.05, 3.63) is 48.6 Å². The lowest BCUT2D eigenvalue weighted by atomic mass is 10.1. The molecule has 0 heterocycles. The van der Waals surface area contributed by atoms with Gasteiger partial charge in [-0.3, -0.25) is 0 Å². The summed E-state index contributed by atoms with van der Waals surface area (Å²) in [5.74, 6) is 0. The number of quaternary nitrogens is 1.